The highest BCUT2D eigenvalue weighted by Gasteiger charge is 2.03. The van der Waals surface area contributed by atoms with Crippen molar-refractivity contribution in [2.45, 2.75) is 32.6 Å². The molecule has 0 saturated carbocycles. The Labute approximate surface area is 84.0 Å². The monoisotopic (exact) mass is 270 g/mol. The molecule has 2 heteroatoms. The minimum absolute atomic E-state index is 0.928. The molecule has 0 amide bonds. The van der Waals surface area contributed by atoms with Crippen molar-refractivity contribution >= 4 is 22.6 Å². The van der Waals surface area contributed by atoms with Gasteiger partial charge in [-0.15, -0.1) is 0 Å². The summed E-state index contributed by atoms with van der Waals surface area (Å²) in [5, 5.41) is 0. The largest absolute Gasteiger partial charge is 0.385 e. The predicted octanol–water partition coefficient (Wildman–Crippen LogP) is 3.26. The summed E-state index contributed by atoms with van der Waals surface area (Å²) in [5.41, 5.74) is 0. The maximum atomic E-state index is 5.01. The average molecular weight is 270 g/mol. The predicted molar refractivity (Wildman–Crippen MR) is 58.4 cm³/mol. The van der Waals surface area contributed by atoms with Crippen LogP contribution in [-0.2, 0) is 4.74 Å². The van der Waals surface area contributed by atoms with Gasteiger partial charge in [0.1, 0.15) is 0 Å². The first-order valence-electron chi connectivity index (χ1n) is 4.40. The molecule has 0 rings (SSSR count). The van der Waals surface area contributed by atoms with Crippen molar-refractivity contribution in [2.75, 3.05) is 18.1 Å². The van der Waals surface area contributed by atoms with Crippen LogP contribution < -0.4 is 0 Å². The van der Waals surface area contributed by atoms with E-state index in [2.05, 4.69) is 29.5 Å². The van der Waals surface area contributed by atoms with Crippen molar-refractivity contribution in [2.24, 2.45) is 5.92 Å². The molecule has 0 radical (unpaired) electrons. The van der Waals surface area contributed by atoms with Gasteiger partial charge in [0, 0.05) is 13.7 Å². The van der Waals surface area contributed by atoms with E-state index in [9.17, 15) is 0 Å². The molecule has 0 saturated heterocycles. The molecule has 1 nitrogen and oxygen atoms in total. The molecule has 0 aromatic rings. The van der Waals surface area contributed by atoms with Gasteiger partial charge >= 0.3 is 0 Å². The lowest BCUT2D eigenvalue weighted by molar-refractivity contribution is 0.186. The Kier molecular flexibility index (Phi) is 9.33. The van der Waals surface area contributed by atoms with E-state index in [0.717, 1.165) is 12.5 Å². The Bertz CT molecular complexity index is 76.0. The molecule has 0 aromatic carbocycles. The smallest absolute Gasteiger partial charge is 0.0462 e. The van der Waals surface area contributed by atoms with Crippen molar-refractivity contribution in [3.05, 3.63) is 0 Å². The Morgan fingerprint density at radius 2 is 2.09 bits per heavy atom. The Morgan fingerprint density at radius 1 is 1.36 bits per heavy atom. The number of alkyl halides is 1. The maximum absolute atomic E-state index is 5.01. The number of ether oxygens (including phenoxy) is 1. The molecule has 0 N–H and O–H groups in total. The minimum atomic E-state index is 0.928. The third kappa shape index (κ3) is 7.06. The van der Waals surface area contributed by atoms with Gasteiger partial charge in [0.15, 0.2) is 0 Å². The quantitative estimate of drug-likeness (QED) is 0.392. The summed E-state index contributed by atoms with van der Waals surface area (Å²) in [4.78, 5) is 0. The highest BCUT2D eigenvalue weighted by atomic mass is 127. The van der Waals surface area contributed by atoms with E-state index in [4.69, 9.17) is 4.74 Å². The van der Waals surface area contributed by atoms with Gasteiger partial charge in [-0.2, -0.15) is 0 Å². The van der Waals surface area contributed by atoms with Crippen molar-refractivity contribution in [1.29, 1.82) is 0 Å². The van der Waals surface area contributed by atoms with Crippen molar-refractivity contribution < 1.29 is 4.74 Å². The fourth-order valence-electron chi connectivity index (χ4n) is 1.22. The van der Waals surface area contributed by atoms with Gasteiger partial charge in [-0.3, -0.25) is 0 Å². The molecular weight excluding hydrogens is 251 g/mol. The first-order valence-corrected chi connectivity index (χ1v) is 5.92. The second-order valence-electron chi connectivity index (χ2n) is 2.89. The second-order valence-corrected chi connectivity index (χ2v) is 3.97. The van der Waals surface area contributed by atoms with E-state index < -0.39 is 0 Å². The molecule has 0 fully saturated rings. The van der Waals surface area contributed by atoms with Gasteiger partial charge in [0.2, 0.25) is 0 Å². The normalized spacial score (nSPS) is 13.4. The van der Waals surface area contributed by atoms with Crippen LogP contribution >= 0.6 is 22.6 Å². The van der Waals surface area contributed by atoms with Crippen LogP contribution in [0.5, 0.6) is 0 Å². The van der Waals surface area contributed by atoms with Gasteiger partial charge in [-0.05, 0) is 29.6 Å². The fourth-order valence-corrected chi connectivity index (χ4v) is 2.10. The lowest BCUT2D eigenvalue weighted by Crippen LogP contribution is -2.01. The first kappa shape index (κ1) is 11.7. The van der Waals surface area contributed by atoms with E-state index in [-0.39, 0.29) is 0 Å². The third-order valence-corrected chi connectivity index (χ3v) is 2.68. The van der Waals surface area contributed by atoms with Crippen LogP contribution in [-0.4, -0.2) is 18.1 Å². The first-order chi connectivity index (χ1) is 5.35. The van der Waals surface area contributed by atoms with E-state index in [0.29, 0.717) is 0 Å². The molecule has 0 aliphatic rings. The van der Waals surface area contributed by atoms with Crippen molar-refractivity contribution in [1.82, 2.24) is 0 Å². The molecule has 0 spiro atoms. The number of methoxy groups -OCH3 is 1. The van der Waals surface area contributed by atoms with Crippen LogP contribution in [0.4, 0.5) is 0 Å². The van der Waals surface area contributed by atoms with Crippen molar-refractivity contribution in [3.8, 4) is 0 Å². The zero-order valence-electron chi connectivity index (χ0n) is 7.61. The standard InChI is InChI=1S/C9H19IO/c1-3-9(6-7-10)5-4-8-11-2/h9H,3-8H2,1-2H3/t9-/m1/s1. The second kappa shape index (κ2) is 8.78. The highest BCUT2D eigenvalue weighted by Crippen LogP contribution is 2.16. The van der Waals surface area contributed by atoms with Gasteiger partial charge in [0.25, 0.3) is 0 Å². The van der Waals surface area contributed by atoms with E-state index in [1.54, 1.807) is 7.11 Å². The molecule has 11 heavy (non-hydrogen) atoms. The highest BCUT2D eigenvalue weighted by molar-refractivity contribution is 14.1. The van der Waals surface area contributed by atoms with Gasteiger partial charge < -0.3 is 4.74 Å². The van der Waals surface area contributed by atoms with E-state index >= 15 is 0 Å². The number of hydrogen-bond donors (Lipinski definition) is 0. The lowest BCUT2D eigenvalue weighted by Gasteiger charge is -2.11. The fraction of sp³-hybridized carbons (Fsp3) is 1.00. The molecule has 68 valence electrons. The van der Waals surface area contributed by atoms with Crippen molar-refractivity contribution in [3.63, 3.8) is 0 Å². The summed E-state index contributed by atoms with van der Waals surface area (Å²) in [7, 11) is 1.78. The van der Waals surface area contributed by atoms with Crippen LogP contribution in [0.1, 0.15) is 32.6 Å². The van der Waals surface area contributed by atoms with Crippen LogP contribution in [0.3, 0.4) is 0 Å². The lowest BCUT2D eigenvalue weighted by atomic mass is 9.98. The minimum Gasteiger partial charge on any atom is -0.385 e. The Hall–Kier alpha value is 0.690. The number of rotatable bonds is 7. The summed E-state index contributed by atoms with van der Waals surface area (Å²) in [5.74, 6) is 0.932. The summed E-state index contributed by atoms with van der Waals surface area (Å²) in [6.45, 7) is 3.21. The van der Waals surface area contributed by atoms with Crippen LogP contribution in [0, 0.1) is 5.92 Å². The van der Waals surface area contributed by atoms with Crippen LogP contribution in [0.25, 0.3) is 0 Å². The summed E-state index contributed by atoms with van der Waals surface area (Å²) in [6.07, 6.45) is 5.27. The summed E-state index contributed by atoms with van der Waals surface area (Å²) in [6, 6.07) is 0. The molecule has 0 aromatic heterocycles. The molecule has 0 aliphatic heterocycles. The molecule has 0 aliphatic carbocycles. The summed E-state index contributed by atoms with van der Waals surface area (Å²) < 4.78 is 6.31. The van der Waals surface area contributed by atoms with Crippen LogP contribution in [0.15, 0.2) is 0 Å². The summed E-state index contributed by atoms with van der Waals surface area (Å²) >= 11 is 2.46. The number of hydrogen-bond acceptors (Lipinski definition) is 1. The zero-order chi connectivity index (χ0) is 8.53. The van der Waals surface area contributed by atoms with E-state index in [1.807, 2.05) is 0 Å². The maximum Gasteiger partial charge on any atom is 0.0462 e. The van der Waals surface area contributed by atoms with Gasteiger partial charge in [-0.25, -0.2) is 0 Å². The van der Waals surface area contributed by atoms with Crippen LogP contribution in [0.2, 0.25) is 0 Å². The molecule has 0 unspecified atom stereocenters. The van der Waals surface area contributed by atoms with Gasteiger partial charge in [-0.1, -0.05) is 35.9 Å². The van der Waals surface area contributed by atoms with Gasteiger partial charge in [0.05, 0.1) is 0 Å². The molecular formula is C9H19IO. The third-order valence-electron chi connectivity index (χ3n) is 2.06. The Morgan fingerprint density at radius 3 is 2.55 bits per heavy atom. The molecule has 0 bridgehead atoms. The zero-order valence-corrected chi connectivity index (χ0v) is 9.76. The SMILES string of the molecule is CC[C@@H](CCI)CCCOC. The number of halogens is 1. The molecule has 0 heterocycles. The van der Waals surface area contributed by atoms with E-state index in [1.165, 1.54) is 30.1 Å². The molecule has 1 atom stereocenters. The Balaban J connectivity index is 3.20. The topological polar surface area (TPSA) is 9.23 Å². The average Bonchev–Trinajstić information content (AvgIpc) is 2.03.